The average molecular weight is 428 g/mol. The maximum absolute atomic E-state index is 12.6. The van der Waals surface area contributed by atoms with Crippen LogP contribution in [0.5, 0.6) is 11.5 Å². The molecule has 2 aromatic carbocycles. The van der Waals surface area contributed by atoms with Crippen molar-refractivity contribution in [3.05, 3.63) is 48.0 Å². The van der Waals surface area contributed by atoms with Crippen molar-refractivity contribution in [1.82, 2.24) is 10.6 Å². The lowest BCUT2D eigenvalue weighted by Gasteiger charge is -2.20. The molecule has 2 rings (SSSR count). The van der Waals surface area contributed by atoms with Gasteiger partial charge in [0.2, 0.25) is 5.91 Å². The standard InChI is InChI=1S/C22H28N4O5/c1-5-30-18-13-17(25-21(28)15-10-8-7-9-11-15)19(31-6-2)12-16(18)24-14(3)20(27)26-22(29)23-4/h7-14,24H,5-6H2,1-4H3,(H,25,28)(H2,23,26,27,29). The van der Waals surface area contributed by atoms with Gasteiger partial charge in [-0.3, -0.25) is 14.9 Å². The highest BCUT2D eigenvalue weighted by molar-refractivity contribution is 6.05. The first kappa shape index (κ1) is 23.5. The fraction of sp³-hybridized carbons (Fsp3) is 0.318. The summed E-state index contributed by atoms with van der Waals surface area (Å²) >= 11 is 0. The lowest BCUT2D eigenvalue weighted by Crippen LogP contribution is -2.44. The molecule has 0 bridgehead atoms. The van der Waals surface area contributed by atoms with Crippen molar-refractivity contribution in [2.45, 2.75) is 26.8 Å². The number of ether oxygens (including phenoxy) is 2. The number of rotatable bonds is 9. The second-order valence-electron chi connectivity index (χ2n) is 6.47. The van der Waals surface area contributed by atoms with Crippen LogP contribution in [0, 0.1) is 0 Å². The van der Waals surface area contributed by atoms with Crippen molar-refractivity contribution in [2.75, 3.05) is 30.9 Å². The van der Waals surface area contributed by atoms with Crippen molar-refractivity contribution in [3.8, 4) is 11.5 Å². The van der Waals surface area contributed by atoms with Gasteiger partial charge in [0.15, 0.2) is 0 Å². The second kappa shape index (κ2) is 11.4. The first-order valence-electron chi connectivity index (χ1n) is 9.98. The van der Waals surface area contributed by atoms with Crippen molar-refractivity contribution < 1.29 is 23.9 Å². The topological polar surface area (TPSA) is 118 Å². The van der Waals surface area contributed by atoms with Gasteiger partial charge in [0.25, 0.3) is 5.91 Å². The maximum atomic E-state index is 12.6. The van der Waals surface area contributed by atoms with Gasteiger partial charge in [-0.15, -0.1) is 0 Å². The van der Waals surface area contributed by atoms with E-state index in [1.165, 1.54) is 7.05 Å². The van der Waals surface area contributed by atoms with E-state index in [1.807, 2.05) is 19.9 Å². The molecule has 4 amide bonds. The highest BCUT2D eigenvalue weighted by atomic mass is 16.5. The number of carbonyl (C=O) groups is 3. The molecule has 0 saturated carbocycles. The Morgan fingerprint density at radius 3 is 2.10 bits per heavy atom. The molecular formula is C22H28N4O5. The highest BCUT2D eigenvalue weighted by Crippen LogP contribution is 2.37. The SMILES string of the molecule is CCOc1cc(NC(C)C(=O)NC(=O)NC)c(OCC)cc1NC(=O)c1ccccc1. The van der Waals surface area contributed by atoms with E-state index in [0.29, 0.717) is 41.7 Å². The molecule has 0 heterocycles. The monoisotopic (exact) mass is 428 g/mol. The molecule has 0 fully saturated rings. The Balaban J connectivity index is 2.32. The van der Waals surface area contributed by atoms with Gasteiger partial charge in [-0.25, -0.2) is 4.79 Å². The molecule has 9 heteroatoms. The van der Waals surface area contributed by atoms with Crippen LogP contribution >= 0.6 is 0 Å². The van der Waals surface area contributed by atoms with E-state index >= 15 is 0 Å². The smallest absolute Gasteiger partial charge is 0.321 e. The zero-order valence-corrected chi connectivity index (χ0v) is 18.1. The zero-order valence-electron chi connectivity index (χ0n) is 18.1. The Hall–Kier alpha value is -3.75. The minimum atomic E-state index is -0.740. The average Bonchev–Trinajstić information content (AvgIpc) is 2.77. The predicted molar refractivity (Wildman–Crippen MR) is 119 cm³/mol. The van der Waals surface area contributed by atoms with Gasteiger partial charge in [-0.2, -0.15) is 0 Å². The molecule has 2 aromatic rings. The summed E-state index contributed by atoms with van der Waals surface area (Å²) < 4.78 is 11.4. The van der Waals surface area contributed by atoms with Gasteiger partial charge in [0.05, 0.1) is 24.6 Å². The molecule has 0 aromatic heterocycles. The molecule has 0 saturated heterocycles. The molecular weight excluding hydrogens is 400 g/mol. The number of hydrogen-bond acceptors (Lipinski definition) is 6. The Morgan fingerprint density at radius 1 is 0.935 bits per heavy atom. The Bertz CT molecular complexity index is 918. The number of benzene rings is 2. The van der Waals surface area contributed by atoms with E-state index in [2.05, 4.69) is 21.3 Å². The van der Waals surface area contributed by atoms with Crippen molar-refractivity contribution in [3.63, 3.8) is 0 Å². The summed E-state index contributed by atoms with van der Waals surface area (Å²) in [5, 5.41) is 10.4. The normalized spacial score (nSPS) is 11.1. The van der Waals surface area contributed by atoms with Crippen LogP contribution in [0.25, 0.3) is 0 Å². The summed E-state index contributed by atoms with van der Waals surface area (Å²) in [6, 6.07) is 10.8. The molecule has 1 atom stereocenters. The van der Waals surface area contributed by atoms with E-state index in [-0.39, 0.29) is 5.91 Å². The van der Waals surface area contributed by atoms with Crippen LogP contribution in [-0.2, 0) is 4.79 Å². The molecule has 0 radical (unpaired) electrons. The van der Waals surface area contributed by atoms with Gasteiger partial charge in [-0.1, -0.05) is 18.2 Å². The van der Waals surface area contributed by atoms with E-state index < -0.39 is 18.0 Å². The third-order valence-corrected chi connectivity index (χ3v) is 4.19. The van der Waals surface area contributed by atoms with Gasteiger partial charge in [0, 0.05) is 24.7 Å². The molecule has 166 valence electrons. The predicted octanol–water partition coefficient (Wildman–Crippen LogP) is 2.99. The van der Waals surface area contributed by atoms with E-state index in [4.69, 9.17) is 9.47 Å². The Morgan fingerprint density at radius 2 is 1.52 bits per heavy atom. The third-order valence-electron chi connectivity index (χ3n) is 4.19. The summed E-state index contributed by atoms with van der Waals surface area (Å²) in [6.45, 7) is 6.00. The van der Waals surface area contributed by atoms with Crippen LogP contribution in [0.15, 0.2) is 42.5 Å². The number of urea groups is 1. The minimum absolute atomic E-state index is 0.289. The van der Waals surface area contributed by atoms with Crippen LogP contribution in [0.3, 0.4) is 0 Å². The summed E-state index contributed by atoms with van der Waals surface area (Å²) in [5.41, 5.74) is 1.43. The molecule has 31 heavy (non-hydrogen) atoms. The first-order valence-corrected chi connectivity index (χ1v) is 9.98. The third kappa shape index (κ3) is 6.63. The van der Waals surface area contributed by atoms with Gasteiger partial charge < -0.3 is 25.4 Å². The van der Waals surface area contributed by atoms with Gasteiger partial charge in [-0.05, 0) is 32.9 Å². The van der Waals surface area contributed by atoms with Crippen molar-refractivity contribution in [2.24, 2.45) is 0 Å². The number of anilines is 2. The van der Waals surface area contributed by atoms with Crippen LogP contribution < -0.4 is 30.7 Å². The summed E-state index contributed by atoms with van der Waals surface area (Å²) in [5.74, 6) is 0.0369. The highest BCUT2D eigenvalue weighted by Gasteiger charge is 2.20. The molecule has 4 N–H and O–H groups in total. The zero-order chi connectivity index (χ0) is 22.8. The van der Waals surface area contributed by atoms with Crippen LogP contribution in [0.1, 0.15) is 31.1 Å². The van der Waals surface area contributed by atoms with E-state index in [1.54, 1.807) is 43.3 Å². The fourth-order valence-electron chi connectivity index (χ4n) is 2.69. The summed E-state index contributed by atoms with van der Waals surface area (Å²) in [6.07, 6.45) is 0. The second-order valence-corrected chi connectivity index (χ2v) is 6.47. The van der Waals surface area contributed by atoms with E-state index in [0.717, 1.165) is 0 Å². The van der Waals surface area contributed by atoms with Gasteiger partial charge >= 0.3 is 6.03 Å². The number of hydrogen-bond donors (Lipinski definition) is 4. The molecule has 0 aliphatic rings. The van der Waals surface area contributed by atoms with Crippen molar-refractivity contribution in [1.29, 1.82) is 0 Å². The molecule has 9 nitrogen and oxygen atoms in total. The van der Waals surface area contributed by atoms with Gasteiger partial charge in [0.1, 0.15) is 17.5 Å². The fourth-order valence-corrected chi connectivity index (χ4v) is 2.69. The number of carbonyl (C=O) groups excluding carboxylic acids is 3. The lowest BCUT2D eigenvalue weighted by molar-refractivity contribution is -0.120. The van der Waals surface area contributed by atoms with Crippen LogP contribution in [0.4, 0.5) is 16.2 Å². The number of imide groups is 1. The Kier molecular flexibility index (Phi) is 8.68. The molecule has 1 unspecified atom stereocenters. The van der Waals surface area contributed by atoms with Crippen molar-refractivity contribution >= 4 is 29.2 Å². The first-order chi connectivity index (χ1) is 14.9. The molecule has 0 spiro atoms. The Labute approximate surface area is 181 Å². The largest absolute Gasteiger partial charge is 0.492 e. The number of amides is 4. The summed E-state index contributed by atoms with van der Waals surface area (Å²) in [4.78, 5) is 36.2. The summed E-state index contributed by atoms with van der Waals surface area (Å²) in [7, 11) is 1.42. The van der Waals surface area contributed by atoms with Crippen LogP contribution in [-0.4, -0.2) is 44.1 Å². The molecule has 0 aliphatic heterocycles. The molecule has 0 aliphatic carbocycles. The van der Waals surface area contributed by atoms with Crippen LogP contribution in [0.2, 0.25) is 0 Å². The number of nitrogens with one attached hydrogen (secondary N) is 4. The maximum Gasteiger partial charge on any atom is 0.321 e. The minimum Gasteiger partial charge on any atom is -0.492 e. The lowest BCUT2D eigenvalue weighted by atomic mass is 10.1. The van der Waals surface area contributed by atoms with E-state index in [9.17, 15) is 14.4 Å². The quantitative estimate of drug-likeness (QED) is 0.488.